The summed E-state index contributed by atoms with van der Waals surface area (Å²) in [7, 11) is 5.01. The zero-order chi connectivity index (χ0) is 16.6. The highest BCUT2D eigenvalue weighted by Crippen LogP contribution is 2.40. The van der Waals surface area contributed by atoms with Gasteiger partial charge < -0.3 is 19.7 Å². The van der Waals surface area contributed by atoms with Crippen LogP contribution < -0.4 is 19.7 Å². The molecule has 1 aliphatic rings. The molecule has 1 atom stereocenters. The van der Waals surface area contributed by atoms with Crippen molar-refractivity contribution in [1.82, 2.24) is 5.32 Å². The van der Waals surface area contributed by atoms with Crippen LogP contribution in [0.4, 0.5) is 5.69 Å². The molecule has 5 nitrogen and oxygen atoms in total. The van der Waals surface area contributed by atoms with Gasteiger partial charge in [-0.25, -0.2) is 0 Å². The number of para-hydroxylation sites is 1. The van der Waals surface area contributed by atoms with Gasteiger partial charge in [0.1, 0.15) is 6.17 Å². The molecule has 0 saturated carbocycles. The van der Waals surface area contributed by atoms with Gasteiger partial charge in [-0.15, -0.1) is 0 Å². The summed E-state index contributed by atoms with van der Waals surface area (Å²) in [6, 6.07) is 11.1. The van der Waals surface area contributed by atoms with E-state index in [0.717, 1.165) is 11.3 Å². The first-order valence-corrected chi connectivity index (χ1v) is 7.48. The van der Waals surface area contributed by atoms with E-state index >= 15 is 0 Å². The van der Waals surface area contributed by atoms with Crippen LogP contribution in [0.25, 0.3) is 0 Å². The van der Waals surface area contributed by atoms with Gasteiger partial charge >= 0.3 is 0 Å². The summed E-state index contributed by atoms with van der Waals surface area (Å²) < 4.78 is 10.6. The molecule has 0 unspecified atom stereocenters. The SMILES string of the molecule is COc1cc([C@@H]2NC(=O)c3ccccc3N2C)cc(Cl)c1OC. The Morgan fingerprint density at radius 2 is 1.91 bits per heavy atom. The zero-order valence-electron chi connectivity index (χ0n) is 13.1. The van der Waals surface area contributed by atoms with Gasteiger partial charge in [0.15, 0.2) is 11.5 Å². The lowest BCUT2D eigenvalue weighted by Gasteiger charge is -2.36. The average Bonchev–Trinajstić information content (AvgIpc) is 2.57. The molecule has 0 radical (unpaired) electrons. The predicted molar refractivity (Wildman–Crippen MR) is 89.6 cm³/mol. The molecule has 6 heteroatoms. The summed E-state index contributed by atoms with van der Waals surface area (Å²) in [6.07, 6.45) is -0.338. The van der Waals surface area contributed by atoms with Gasteiger partial charge in [-0.1, -0.05) is 23.7 Å². The molecule has 120 valence electrons. The molecular weight excluding hydrogens is 316 g/mol. The fraction of sp³-hybridized carbons (Fsp3) is 0.235. The van der Waals surface area contributed by atoms with Crippen molar-refractivity contribution in [3.8, 4) is 11.5 Å². The van der Waals surface area contributed by atoms with Crippen LogP contribution in [0, 0.1) is 0 Å². The minimum absolute atomic E-state index is 0.116. The number of anilines is 1. The first-order chi connectivity index (χ1) is 11.1. The summed E-state index contributed by atoms with van der Waals surface area (Å²) in [5.74, 6) is 0.884. The van der Waals surface area contributed by atoms with Crippen LogP contribution in [0.2, 0.25) is 5.02 Å². The number of nitrogens with one attached hydrogen (secondary N) is 1. The number of carbonyl (C=O) groups excluding carboxylic acids is 1. The summed E-state index contributed by atoms with van der Waals surface area (Å²) in [4.78, 5) is 14.3. The Labute approximate surface area is 139 Å². The van der Waals surface area contributed by atoms with Crippen molar-refractivity contribution in [3.63, 3.8) is 0 Å². The van der Waals surface area contributed by atoms with E-state index in [4.69, 9.17) is 21.1 Å². The molecule has 0 spiro atoms. The number of ether oxygens (including phenoxy) is 2. The van der Waals surface area contributed by atoms with Crippen molar-refractivity contribution in [2.24, 2.45) is 0 Å². The summed E-state index contributed by atoms with van der Waals surface area (Å²) in [6.45, 7) is 0. The normalized spacial score (nSPS) is 16.6. The number of methoxy groups -OCH3 is 2. The molecule has 0 fully saturated rings. The number of rotatable bonds is 3. The Hall–Kier alpha value is -2.40. The van der Waals surface area contributed by atoms with Gasteiger partial charge in [0.05, 0.1) is 30.5 Å². The van der Waals surface area contributed by atoms with Gasteiger partial charge in [-0.05, 0) is 24.3 Å². The molecule has 1 aliphatic heterocycles. The molecule has 2 aromatic carbocycles. The number of benzene rings is 2. The lowest BCUT2D eigenvalue weighted by atomic mass is 10.0. The lowest BCUT2D eigenvalue weighted by molar-refractivity contribution is 0.0928. The van der Waals surface area contributed by atoms with Crippen molar-refractivity contribution in [2.45, 2.75) is 6.17 Å². The standard InChI is InChI=1S/C17H17ClN2O3/c1-20-13-7-5-4-6-11(13)17(21)19-16(20)10-8-12(18)15(23-3)14(9-10)22-2/h4-9,16H,1-3H3,(H,19,21)/t16-/m1/s1. The van der Waals surface area contributed by atoms with Crippen LogP contribution >= 0.6 is 11.6 Å². The van der Waals surface area contributed by atoms with Crippen LogP contribution in [0.3, 0.4) is 0 Å². The molecule has 2 aromatic rings. The average molecular weight is 333 g/mol. The minimum atomic E-state index is -0.338. The third kappa shape index (κ3) is 2.57. The van der Waals surface area contributed by atoms with Gasteiger partial charge in [0, 0.05) is 12.6 Å². The van der Waals surface area contributed by atoms with Gasteiger partial charge in [0.25, 0.3) is 5.91 Å². The first kappa shape index (κ1) is 15.5. The van der Waals surface area contributed by atoms with Crippen LogP contribution in [0.15, 0.2) is 36.4 Å². The van der Waals surface area contributed by atoms with Crippen molar-refractivity contribution in [1.29, 1.82) is 0 Å². The molecule has 1 N–H and O–H groups in total. The molecular formula is C17H17ClN2O3. The number of fused-ring (bicyclic) bond motifs is 1. The van der Waals surface area contributed by atoms with E-state index in [0.29, 0.717) is 22.1 Å². The maximum absolute atomic E-state index is 12.4. The summed E-state index contributed by atoms with van der Waals surface area (Å²) >= 11 is 6.28. The third-order valence-corrected chi connectivity index (χ3v) is 4.24. The molecule has 3 rings (SSSR count). The largest absolute Gasteiger partial charge is 0.493 e. The molecule has 0 aromatic heterocycles. The van der Waals surface area contributed by atoms with Crippen molar-refractivity contribution >= 4 is 23.2 Å². The van der Waals surface area contributed by atoms with Crippen molar-refractivity contribution in [2.75, 3.05) is 26.2 Å². The van der Waals surface area contributed by atoms with Crippen LogP contribution in [0.1, 0.15) is 22.1 Å². The van der Waals surface area contributed by atoms with Gasteiger partial charge in [-0.2, -0.15) is 0 Å². The Morgan fingerprint density at radius 3 is 2.61 bits per heavy atom. The number of hydrogen-bond donors (Lipinski definition) is 1. The quantitative estimate of drug-likeness (QED) is 0.937. The maximum atomic E-state index is 12.4. The van der Waals surface area contributed by atoms with Crippen LogP contribution in [-0.2, 0) is 0 Å². The zero-order valence-corrected chi connectivity index (χ0v) is 13.8. The van der Waals surface area contributed by atoms with E-state index in [9.17, 15) is 4.79 Å². The first-order valence-electron chi connectivity index (χ1n) is 7.11. The van der Waals surface area contributed by atoms with E-state index in [1.54, 1.807) is 19.2 Å². The molecule has 23 heavy (non-hydrogen) atoms. The monoisotopic (exact) mass is 332 g/mol. The highest BCUT2D eigenvalue weighted by Gasteiger charge is 2.30. The number of hydrogen-bond acceptors (Lipinski definition) is 4. The second-order valence-electron chi connectivity index (χ2n) is 5.24. The van der Waals surface area contributed by atoms with E-state index < -0.39 is 0 Å². The fourth-order valence-corrected chi connectivity index (χ4v) is 3.11. The van der Waals surface area contributed by atoms with Crippen LogP contribution in [-0.4, -0.2) is 27.2 Å². The molecule has 0 bridgehead atoms. The van der Waals surface area contributed by atoms with E-state index in [2.05, 4.69) is 5.32 Å². The van der Waals surface area contributed by atoms with Crippen molar-refractivity contribution < 1.29 is 14.3 Å². The van der Waals surface area contributed by atoms with Crippen LogP contribution in [0.5, 0.6) is 11.5 Å². The molecule has 1 heterocycles. The Morgan fingerprint density at radius 1 is 1.17 bits per heavy atom. The maximum Gasteiger partial charge on any atom is 0.255 e. The van der Waals surface area contributed by atoms with E-state index in [1.807, 2.05) is 36.2 Å². The summed E-state index contributed by atoms with van der Waals surface area (Å²) in [5, 5.41) is 3.42. The fourth-order valence-electron chi connectivity index (χ4n) is 2.81. The highest BCUT2D eigenvalue weighted by molar-refractivity contribution is 6.32. The second-order valence-corrected chi connectivity index (χ2v) is 5.65. The smallest absolute Gasteiger partial charge is 0.255 e. The van der Waals surface area contributed by atoms with Gasteiger partial charge in [-0.3, -0.25) is 4.79 Å². The third-order valence-electron chi connectivity index (χ3n) is 3.96. The van der Waals surface area contributed by atoms with E-state index in [-0.39, 0.29) is 12.1 Å². The number of halogens is 1. The molecule has 1 amide bonds. The van der Waals surface area contributed by atoms with E-state index in [1.165, 1.54) is 7.11 Å². The highest BCUT2D eigenvalue weighted by atomic mass is 35.5. The second kappa shape index (κ2) is 6.01. The Bertz CT molecular complexity index is 763. The topological polar surface area (TPSA) is 50.8 Å². The van der Waals surface area contributed by atoms with Crippen molar-refractivity contribution in [3.05, 3.63) is 52.5 Å². The Kier molecular flexibility index (Phi) is 4.05. The lowest BCUT2D eigenvalue weighted by Crippen LogP contribution is -2.44. The summed E-state index contributed by atoms with van der Waals surface area (Å²) in [5.41, 5.74) is 2.34. The minimum Gasteiger partial charge on any atom is -0.493 e. The number of amides is 1. The van der Waals surface area contributed by atoms with Gasteiger partial charge in [0.2, 0.25) is 0 Å². The molecule has 0 aliphatic carbocycles. The Balaban J connectivity index is 2.06. The molecule has 0 saturated heterocycles. The number of nitrogens with zero attached hydrogens (tertiary/aromatic N) is 1. The predicted octanol–water partition coefficient (Wildman–Crippen LogP) is 3.24. The number of carbonyl (C=O) groups is 1.